The number of unbranched alkanes of at least 4 members (excludes halogenated alkanes) is 1. The van der Waals surface area contributed by atoms with Crippen LogP contribution in [-0.2, 0) is 11.2 Å². The highest BCUT2D eigenvalue weighted by Gasteiger charge is 2.10. The number of para-hydroxylation sites is 1. The number of amides is 1. The van der Waals surface area contributed by atoms with Gasteiger partial charge in [-0.05, 0) is 60.3 Å². The van der Waals surface area contributed by atoms with Gasteiger partial charge in [0.25, 0.3) is 5.91 Å². The summed E-state index contributed by atoms with van der Waals surface area (Å²) < 4.78 is 5.67. The van der Waals surface area contributed by atoms with Crippen LogP contribution in [0.15, 0.2) is 48.5 Å². The molecule has 0 saturated heterocycles. The number of rotatable bonds is 8. The molecule has 0 spiro atoms. The van der Waals surface area contributed by atoms with Crippen molar-refractivity contribution in [1.29, 1.82) is 0 Å². The number of aryl methyl sites for hydroxylation is 1. The second-order valence-electron chi connectivity index (χ2n) is 6.78. The molecule has 0 saturated carbocycles. The van der Waals surface area contributed by atoms with Gasteiger partial charge in [-0.15, -0.1) is 0 Å². The highest BCUT2D eigenvalue weighted by Crippen LogP contribution is 2.25. The number of hydrogen-bond acceptors (Lipinski definition) is 3. The molecule has 0 aliphatic rings. The fourth-order valence-corrected chi connectivity index (χ4v) is 2.92. The summed E-state index contributed by atoms with van der Waals surface area (Å²) in [5, 5.41) is 5.95. The summed E-state index contributed by atoms with van der Waals surface area (Å²) in [4.78, 5) is 12.1. The zero-order chi connectivity index (χ0) is 19.6. The van der Waals surface area contributed by atoms with Gasteiger partial charge in [-0.25, -0.2) is 0 Å². The fraction of sp³-hybridized carbons (Fsp3) is 0.364. The Kier molecular flexibility index (Phi) is 8.27. The number of carbonyl (C=O) groups is 1. The third-order valence-corrected chi connectivity index (χ3v) is 4.39. The highest BCUT2D eigenvalue weighted by molar-refractivity contribution is 7.80. The van der Waals surface area contributed by atoms with Crippen LogP contribution in [0.2, 0.25) is 0 Å². The molecule has 2 N–H and O–H groups in total. The summed E-state index contributed by atoms with van der Waals surface area (Å²) in [6, 6.07) is 15.8. The van der Waals surface area contributed by atoms with Crippen LogP contribution < -0.4 is 15.4 Å². The Bertz CT molecular complexity index is 757. The molecule has 0 aliphatic heterocycles. The molecule has 0 heterocycles. The number of hydrogen-bond donors (Lipinski definition) is 2. The molecule has 0 atom stereocenters. The van der Waals surface area contributed by atoms with Crippen LogP contribution in [0, 0.1) is 0 Å². The number of carbonyl (C=O) groups excluding carboxylic acids is 1. The summed E-state index contributed by atoms with van der Waals surface area (Å²) in [7, 11) is 0. The van der Waals surface area contributed by atoms with Crippen molar-refractivity contribution in [1.82, 2.24) is 5.32 Å². The van der Waals surface area contributed by atoms with Crippen molar-refractivity contribution in [2.75, 3.05) is 11.9 Å². The van der Waals surface area contributed by atoms with Gasteiger partial charge in [0.15, 0.2) is 11.7 Å². The lowest BCUT2D eigenvalue weighted by molar-refractivity contribution is -0.121. The first-order valence-electron chi connectivity index (χ1n) is 9.41. The molecule has 144 valence electrons. The normalized spacial score (nSPS) is 10.5. The van der Waals surface area contributed by atoms with Gasteiger partial charge in [-0.1, -0.05) is 57.5 Å². The molecule has 0 unspecified atom stereocenters. The Balaban J connectivity index is 1.81. The lowest BCUT2D eigenvalue weighted by Gasteiger charge is -2.14. The maximum Gasteiger partial charge on any atom is 0.264 e. The van der Waals surface area contributed by atoms with Gasteiger partial charge in [0.2, 0.25) is 0 Å². The Hall–Kier alpha value is -2.40. The summed E-state index contributed by atoms with van der Waals surface area (Å²) in [6.45, 7) is 6.29. The van der Waals surface area contributed by atoms with Crippen molar-refractivity contribution in [3.8, 4) is 5.75 Å². The minimum absolute atomic E-state index is 0.0818. The summed E-state index contributed by atoms with van der Waals surface area (Å²) in [5.41, 5.74) is 3.23. The topological polar surface area (TPSA) is 50.4 Å². The van der Waals surface area contributed by atoms with Crippen molar-refractivity contribution < 1.29 is 9.53 Å². The average molecular weight is 385 g/mol. The van der Waals surface area contributed by atoms with E-state index in [1.165, 1.54) is 18.4 Å². The predicted molar refractivity (Wildman–Crippen MR) is 115 cm³/mol. The van der Waals surface area contributed by atoms with Crippen LogP contribution in [0.4, 0.5) is 5.69 Å². The maximum absolute atomic E-state index is 12.1. The zero-order valence-corrected chi connectivity index (χ0v) is 17.1. The van der Waals surface area contributed by atoms with E-state index in [2.05, 4.69) is 43.5 Å². The van der Waals surface area contributed by atoms with Gasteiger partial charge in [-0.2, -0.15) is 0 Å². The standard InChI is InChI=1S/C22H28N2O2S/c1-4-5-8-17-11-13-18(14-12-17)23-22(27)24-21(25)15-26-20-10-7-6-9-19(20)16(2)3/h6-7,9-14,16H,4-5,8,15H2,1-3H3,(H2,23,24,25,27). The second-order valence-corrected chi connectivity index (χ2v) is 7.19. The van der Waals surface area contributed by atoms with Gasteiger partial charge < -0.3 is 10.1 Å². The number of nitrogens with one attached hydrogen (secondary N) is 2. The smallest absolute Gasteiger partial charge is 0.264 e. The molecule has 4 nitrogen and oxygen atoms in total. The van der Waals surface area contributed by atoms with Crippen LogP contribution >= 0.6 is 12.2 Å². The largest absolute Gasteiger partial charge is 0.483 e. The van der Waals surface area contributed by atoms with Gasteiger partial charge >= 0.3 is 0 Å². The quantitative estimate of drug-likeness (QED) is 0.626. The first kappa shape index (κ1) is 20.9. The van der Waals surface area contributed by atoms with Gasteiger partial charge in [-0.3, -0.25) is 10.1 Å². The number of thiocarbonyl (C=S) groups is 1. The van der Waals surface area contributed by atoms with E-state index in [4.69, 9.17) is 17.0 Å². The van der Waals surface area contributed by atoms with E-state index < -0.39 is 0 Å². The third kappa shape index (κ3) is 7.02. The van der Waals surface area contributed by atoms with Crippen LogP contribution in [0.3, 0.4) is 0 Å². The van der Waals surface area contributed by atoms with Crippen molar-refractivity contribution in [3.05, 3.63) is 59.7 Å². The maximum atomic E-state index is 12.1. The molecule has 2 aromatic rings. The number of benzene rings is 2. The van der Waals surface area contributed by atoms with Crippen molar-refractivity contribution in [3.63, 3.8) is 0 Å². The van der Waals surface area contributed by atoms with E-state index in [1.54, 1.807) is 0 Å². The first-order valence-corrected chi connectivity index (χ1v) is 9.82. The molecule has 1 amide bonds. The minimum Gasteiger partial charge on any atom is -0.483 e. The molecule has 27 heavy (non-hydrogen) atoms. The molecular weight excluding hydrogens is 356 g/mol. The van der Waals surface area contributed by atoms with Gasteiger partial charge in [0, 0.05) is 5.69 Å². The van der Waals surface area contributed by atoms with E-state index >= 15 is 0 Å². The minimum atomic E-state index is -0.286. The van der Waals surface area contributed by atoms with Crippen molar-refractivity contribution >= 4 is 28.9 Å². The second kappa shape index (κ2) is 10.7. The molecule has 2 rings (SSSR count). The van der Waals surface area contributed by atoms with E-state index in [-0.39, 0.29) is 17.6 Å². The molecule has 0 radical (unpaired) electrons. The van der Waals surface area contributed by atoms with E-state index in [0.29, 0.717) is 5.92 Å². The highest BCUT2D eigenvalue weighted by atomic mass is 32.1. The lowest BCUT2D eigenvalue weighted by Crippen LogP contribution is -2.37. The fourth-order valence-electron chi connectivity index (χ4n) is 2.69. The molecule has 2 aromatic carbocycles. The van der Waals surface area contributed by atoms with Gasteiger partial charge in [0.1, 0.15) is 5.75 Å². The zero-order valence-electron chi connectivity index (χ0n) is 16.2. The van der Waals surface area contributed by atoms with E-state index in [9.17, 15) is 4.79 Å². The van der Waals surface area contributed by atoms with Crippen molar-refractivity contribution in [2.45, 2.75) is 46.0 Å². The molecule has 0 aromatic heterocycles. The van der Waals surface area contributed by atoms with Crippen LogP contribution in [0.1, 0.15) is 50.7 Å². The van der Waals surface area contributed by atoms with Crippen molar-refractivity contribution in [2.24, 2.45) is 0 Å². The van der Waals surface area contributed by atoms with Crippen LogP contribution in [0.25, 0.3) is 0 Å². The first-order chi connectivity index (χ1) is 13.0. The predicted octanol–water partition coefficient (Wildman–Crippen LogP) is 5.04. The van der Waals surface area contributed by atoms with Gasteiger partial charge in [0.05, 0.1) is 0 Å². The Morgan fingerprint density at radius 2 is 1.81 bits per heavy atom. The molecule has 0 aliphatic carbocycles. The lowest BCUT2D eigenvalue weighted by atomic mass is 10.0. The Morgan fingerprint density at radius 1 is 1.11 bits per heavy atom. The average Bonchev–Trinajstić information content (AvgIpc) is 2.66. The van der Waals surface area contributed by atoms with E-state index in [1.807, 2.05) is 36.4 Å². The molecular formula is C22H28N2O2S. The van der Waals surface area contributed by atoms with Crippen LogP contribution in [-0.4, -0.2) is 17.6 Å². The summed E-state index contributed by atoms with van der Waals surface area (Å²) in [6.07, 6.45) is 3.44. The monoisotopic (exact) mass is 384 g/mol. The Labute approximate surface area is 167 Å². The number of anilines is 1. The molecule has 0 bridgehead atoms. The summed E-state index contributed by atoms with van der Waals surface area (Å²) in [5.74, 6) is 0.766. The third-order valence-electron chi connectivity index (χ3n) is 4.18. The summed E-state index contributed by atoms with van der Waals surface area (Å²) >= 11 is 5.21. The number of ether oxygens (including phenoxy) is 1. The molecule has 5 heteroatoms. The molecule has 0 fully saturated rings. The SMILES string of the molecule is CCCCc1ccc(NC(=S)NC(=O)COc2ccccc2C(C)C)cc1. The Morgan fingerprint density at radius 3 is 2.48 bits per heavy atom. The van der Waals surface area contributed by atoms with E-state index in [0.717, 1.165) is 23.4 Å². The van der Waals surface area contributed by atoms with Crippen LogP contribution in [0.5, 0.6) is 5.75 Å².